The number of piperidine rings is 1. The quantitative estimate of drug-likeness (QED) is 0.819. The van der Waals surface area contributed by atoms with E-state index in [0.717, 1.165) is 44.6 Å². The number of likely N-dealkylation sites (tertiary alicyclic amines) is 1. The Labute approximate surface area is 115 Å². The molecule has 1 fully saturated rings. The number of ketones is 1. The lowest BCUT2D eigenvalue weighted by Crippen LogP contribution is -2.37. The Balaban J connectivity index is 1.93. The third kappa shape index (κ3) is 3.66. The van der Waals surface area contributed by atoms with Crippen LogP contribution in [0.3, 0.4) is 0 Å². The van der Waals surface area contributed by atoms with Crippen LogP contribution >= 0.6 is 0 Å². The van der Waals surface area contributed by atoms with E-state index in [9.17, 15) is 4.79 Å². The number of aromatic nitrogens is 2. The molecule has 2 atom stereocenters. The maximum absolute atomic E-state index is 11.5. The zero-order chi connectivity index (χ0) is 13.8. The Morgan fingerprint density at radius 1 is 1.58 bits per heavy atom. The Morgan fingerprint density at radius 3 is 3.05 bits per heavy atom. The summed E-state index contributed by atoms with van der Waals surface area (Å²) in [6, 6.07) is 2.56. The summed E-state index contributed by atoms with van der Waals surface area (Å²) in [5.41, 5.74) is 1.12. The number of Topliss-reactive ketones (excluding diaryl/α,β-unsaturated/α-hetero) is 1. The molecule has 0 aliphatic carbocycles. The molecular weight excluding hydrogens is 238 g/mol. The number of carbonyl (C=O) groups excluding carboxylic acids is 1. The summed E-state index contributed by atoms with van der Waals surface area (Å²) in [6.45, 7) is 8.92. The molecule has 0 aromatic carbocycles. The van der Waals surface area contributed by atoms with Crippen LogP contribution in [0, 0.1) is 5.92 Å². The highest BCUT2D eigenvalue weighted by Gasteiger charge is 2.23. The van der Waals surface area contributed by atoms with Crippen LogP contribution in [0.2, 0.25) is 0 Å². The summed E-state index contributed by atoms with van der Waals surface area (Å²) in [6.07, 6.45) is 5.33. The standard InChI is InChI=1S/C15H25N3O/c1-4-12(2)18-9-7-15(16-18)11-17-8-5-6-14(10-17)13(3)19/h7,9,12,14H,4-6,8,10-11H2,1-3H3. The fourth-order valence-corrected chi connectivity index (χ4v) is 2.65. The summed E-state index contributed by atoms with van der Waals surface area (Å²) in [5, 5.41) is 4.64. The van der Waals surface area contributed by atoms with Crippen LogP contribution in [-0.2, 0) is 11.3 Å². The molecule has 0 spiro atoms. The van der Waals surface area contributed by atoms with Crippen LogP contribution < -0.4 is 0 Å². The largest absolute Gasteiger partial charge is 0.300 e. The van der Waals surface area contributed by atoms with Crippen LogP contribution in [0.25, 0.3) is 0 Å². The normalized spacial score (nSPS) is 22.4. The minimum absolute atomic E-state index is 0.227. The average molecular weight is 263 g/mol. The van der Waals surface area contributed by atoms with Gasteiger partial charge in [0.05, 0.1) is 5.69 Å². The average Bonchev–Trinajstić information content (AvgIpc) is 2.86. The molecule has 2 unspecified atom stereocenters. The van der Waals surface area contributed by atoms with Crippen molar-refractivity contribution in [2.75, 3.05) is 13.1 Å². The monoisotopic (exact) mass is 263 g/mol. The Morgan fingerprint density at radius 2 is 2.37 bits per heavy atom. The van der Waals surface area contributed by atoms with Gasteiger partial charge in [0, 0.05) is 31.2 Å². The number of hydrogen-bond acceptors (Lipinski definition) is 3. The maximum Gasteiger partial charge on any atom is 0.134 e. The first-order chi connectivity index (χ1) is 9.10. The van der Waals surface area contributed by atoms with E-state index in [2.05, 4.69) is 36.1 Å². The highest BCUT2D eigenvalue weighted by atomic mass is 16.1. The molecule has 1 aliphatic heterocycles. The predicted molar refractivity (Wildman–Crippen MR) is 75.9 cm³/mol. The van der Waals surface area contributed by atoms with E-state index in [-0.39, 0.29) is 5.92 Å². The molecule has 0 bridgehead atoms. The summed E-state index contributed by atoms with van der Waals surface area (Å²) in [7, 11) is 0. The van der Waals surface area contributed by atoms with E-state index in [1.54, 1.807) is 6.92 Å². The fourth-order valence-electron chi connectivity index (χ4n) is 2.65. The van der Waals surface area contributed by atoms with Crippen LogP contribution in [0.15, 0.2) is 12.3 Å². The van der Waals surface area contributed by atoms with Gasteiger partial charge in [-0.1, -0.05) is 6.92 Å². The molecular formula is C15H25N3O. The number of rotatable bonds is 5. The first kappa shape index (κ1) is 14.3. The van der Waals surface area contributed by atoms with Crippen LogP contribution in [-0.4, -0.2) is 33.6 Å². The zero-order valence-electron chi connectivity index (χ0n) is 12.3. The molecule has 19 heavy (non-hydrogen) atoms. The van der Waals surface area contributed by atoms with Gasteiger partial charge < -0.3 is 0 Å². The van der Waals surface area contributed by atoms with Gasteiger partial charge in [0.1, 0.15) is 5.78 Å². The van der Waals surface area contributed by atoms with E-state index in [1.165, 1.54) is 0 Å². The molecule has 4 heteroatoms. The smallest absolute Gasteiger partial charge is 0.134 e. The van der Waals surface area contributed by atoms with Crippen molar-refractivity contribution >= 4 is 5.78 Å². The second kappa shape index (κ2) is 6.33. The molecule has 106 valence electrons. The fraction of sp³-hybridized carbons (Fsp3) is 0.733. The van der Waals surface area contributed by atoms with Gasteiger partial charge in [0.15, 0.2) is 0 Å². The van der Waals surface area contributed by atoms with Crippen LogP contribution in [0.4, 0.5) is 0 Å². The van der Waals surface area contributed by atoms with Crippen molar-refractivity contribution in [1.82, 2.24) is 14.7 Å². The highest BCUT2D eigenvalue weighted by molar-refractivity contribution is 5.78. The van der Waals surface area contributed by atoms with Gasteiger partial charge in [-0.3, -0.25) is 14.4 Å². The van der Waals surface area contributed by atoms with Crippen molar-refractivity contribution in [3.8, 4) is 0 Å². The molecule has 0 N–H and O–H groups in total. The van der Waals surface area contributed by atoms with Crippen molar-refractivity contribution in [3.63, 3.8) is 0 Å². The van der Waals surface area contributed by atoms with Gasteiger partial charge in [-0.05, 0) is 45.7 Å². The molecule has 1 aromatic heterocycles. The molecule has 1 aromatic rings. The maximum atomic E-state index is 11.5. The molecule has 0 radical (unpaired) electrons. The van der Waals surface area contributed by atoms with Gasteiger partial charge in [-0.15, -0.1) is 0 Å². The van der Waals surface area contributed by atoms with Crippen molar-refractivity contribution in [2.45, 2.75) is 52.6 Å². The van der Waals surface area contributed by atoms with E-state index in [0.29, 0.717) is 11.8 Å². The van der Waals surface area contributed by atoms with Crippen molar-refractivity contribution in [1.29, 1.82) is 0 Å². The van der Waals surface area contributed by atoms with E-state index in [4.69, 9.17) is 0 Å². The van der Waals surface area contributed by atoms with Gasteiger partial charge >= 0.3 is 0 Å². The molecule has 2 heterocycles. The lowest BCUT2D eigenvalue weighted by atomic mass is 9.94. The highest BCUT2D eigenvalue weighted by Crippen LogP contribution is 2.19. The Bertz CT molecular complexity index is 427. The minimum atomic E-state index is 0.227. The molecule has 1 aliphatic rings. The van der Waals surface area contributed by atoms with Gasteiger partial charge in [-0.2, -0.15) is 5.10 Å². The third-order valence-corrected chi connectivity index (χ3v) is 4.17. The SMILES string of the molecule is CCC(C)n1ccc(CN2CCCC(C(C)=O)C2)n1. The Hall–Kier alpha value is -1.16. The zero-order valence-corrected chi connectivity index (χ0v) is 12.3. The molecule has 1 saturated heterocycles. The lowest BCUT2D eigenvalue weighted by Gasteiger charge is -2.30. The van der Waals surface area contributed by atoms with E-state index >= 15 is 0 Å². The van der Waals surface area contributed by atoms with Gasteiger partial charge in [-0.25, -0.2) is 0 Å². The number of carbonyl (C=O) groups is 1. The predicted octanol–water partition coefficient (Wildman–Crippen LogP) is 2.66. The topological polar surface area (TPSA) is 38.1 Å². The number of nitrogens with zero attached hydrogens (tertiary/aromatic N) is 3. The second-order valence-electron chi connectivity index (χ2n) is 5.73. The lowest BCUT2D eigenvalue weighted by molar-refractivity contribution is -0.122. The summed E-state index contributed by atoms with van der Waals surface area (Å²) in [4.78, 5) is 13.8. The molecule has 2 rings (SSSR count). The first-order valence-corrected chi connectivity index (χ1v) is 7.37. The molecule has 0 amide bonds. The van der Waals surface area contributed by atoms with E-state index < -0.39 is 0 Å². The van der Waals surface area contributed by atoms with Crippen molar-refractivity contribution in [3.05, 3.63) is 18.0 Å². The summed E-state index contributed by atoms with van der Waals surface area (Å²) < 4.78 is 2.04. The van der Waals surface area contributed by atoms with E-state index in [1.807, 2.05) is 4.68 Å². The minimum Gasteiger partial charge on any atom is -0.300 e. The molecule has 4 nitrogen and oxygen atoms in total. The second-order valence-corrected chi connectivity index (χ2v) is 5.73. The summed E-state index contributed by atoms with van der Waals surface area (Å²) >= 11 is 0. The third-order valence-electron chi connectivity index (χ3n) is 4.17. The number of hydrogen-bond donors (Lipinski definition) is 0. The van der Waals surface area contributed by atoms with Gasteiger partial charge in [0.25, 0.3) is 0 Å². The molecule has 0 saturated carbocycles. The van der Waals surface area contributed by atoms with Crippen molar-refractivity contribution in [2.24, 2.45) is 5.92 Å². The first-order valence-electron chi connectivity index (χ1n) is 7.37. The Kier molecular flexibility index (Phi) is 4.75. The van der Waals surface area contributed by atoms with Crippen LogP contribution in [0.1, 0.15) is 51.8 Å². The van der Waals surface area contributed by atoms with Crippen molar-refractivity contribution < 1.29 is 4.79 Å². The van der Waals surface area contributed by atoms with Crippen LogP contribution in [0.5, 0.6) is 0 Å². The summed E-state index contributed by atoms with van der Waals surface area (Å²) in [5.74, 6) is 0.556. The van der Waals surface area contributed by atoms with Gasteiger partial charge in [0.2, 0.25) is 0 Å².